The Hall–Kier alpha value is -2.21. The average molecular weight is 259 g/mol. The van der Waals surface area contributed by atoms with Gasteiger partial charge in [0.1, 0.15) is 12.7 Å². The number of hydrogen-bond donors (Lipinski definition) is 2. The topological polar surface area (TPSA) is 85.8 Å². The quantitative estimate of drug-likeness (QED) is 0.863. The zero-order chi connectivity index (χ0) is 13.8. The summed E-state index contributed by atoms with van der Waals surface area (Å²) in [6.07, 6.45) is 3.08. The first-order valence-corrected chi connectivity index (χ1v) is 6.09. The maximum atomic E-state index is 11.8. The summed E-state index contributed by atoms with van der Waals surface area (Å²) in [6.45, 7) is 3.83. The van der Waals surface area contributed by atoms with Crippen molar-refractivity contribution in [2.45, 2.75) is 19.9 Å². The fraction of sp³-hybridized carbons (Fsp3) is 0.308. The van der Waals surface area contributed by atoms with Gasteiger partial charge in [-0.25, -0.2) is 9.67 Å². The second-order valence-electron chi connectivity index (χ2n) is 4.65. The highest BCUT2D eigenvalue weighted by molar-refractivity contribution is 5.94. The van der Waals surface area contributed by atoms with E-state index in [0.29, 0.717) is 5.69 Å². The molecule has 3 N–H and O–H groups in total. The Labute approximate surface area is 111 Å². The molecule has 0 fully saturated rings. The first-order chi connectivity index (χ1) is 9.08. The van der Waals surface area contributed by atoms with Crippen LogP contribution >= 0.6 is 0 Å². The van der Waals surface area contributed by atoms with E-state index in [2.05, 4.69) is 15.4 Å². The van der Waals surface area contributed by atoms with Gasteiger partial charge >= 0.3 is 0 Å². The number of nitrogens with two attached hydrogens (primary N) is 1. The van der Waals surface area contributed by atoms with E-state index in [9.17, 15) is 4.79 Å². The van der Waals surface area contributed by atoms with Gasteiger partial charge in [0.25, 0.3) is 0 Å². The van der Waals surface area contributed by atoms with Crippen molar-refractivity contribution in [3.63, 3.8) is 0 Å². The molecule has 6 nitrogen and oxygen atoms in total. The van der Waals surface area contributed by atoms with Crippen LogP contribution in [0, 0.1) is 5.92 Å². The third kappa shape index (κ3) is 3.17. The normalized spacial score (nSPS) is 12.4. The highest BCUT2D eigenvalue weighted by Crippen LogP contribution is 2.13. The molecule has 0 radical (unpaired) electrons. The van der Waals surface area contributed by atoms with Crippen molar-refractivity contribution in [2.24, 2.45) is 11.7 Å². The van der Waals surface area contributed by atoms with Gasteiger partial charge in [-0.3, -0.25) is 4.79 Å². The molecule has 1 heterocycles. The second-order valence-corrected chi connectivity index (χ2v) is 4.65. The lowest BCUT2D eigenvalue weighted by Crippen LogP contribution is -2.39. The number of carbonyl (C=O) groups excluding carboxylic acids is 1. The second kappa shape index (κ2) is 5.62. The van der Waals surface area contributed by atoms with Gasteiger partial charge in [0.05, 0.1) is 11.7 Å². The van der Waals surface area contributed by atoms with Crippen LogP contribution < -0.4 is 11.1 Å². The largest absolute Gasteiger partial charge is 0.325 e. The number of anilines is 1. The van der Waals surface area contributed by atoms with Crippen LogP contribution in [-0.4, -0.2) is 26.7 Å². The van der Waals surface area contributed by atoms with Gasteiger partial charge in [-0.05, 0) is 30.2 Å². The zero-order valence-corrected chi connectivity index (χ0v) is 10.9. The number of benzene rings is 1. The van der Waals surface area contributed by atoms with E-state index < -0.39 is 6.04 Å². The molecule has 0 unspecified atom stereocenters. The molecule has 19 heavy (non-hydrogen) atoms. The van der Waals surface area contributed by atoms with Crippen LogP contribution in [0.4, 0.5) is 5.69 Å². The standard InChI is InChI=1S/C13H17N5O/c1-9(2)12(14)13(19)17-10-3-5-11(6-4-10)18-8-15-7-16-18/h3-9,12H,14H2,1-2H3,(H,17,19)/t12-/m1/s1. The fourth-order valence-corrected chi connectivity index (χ4v) is 1.57. The lowest BCUT2D eigenvalue weighted by molar-refractivity contribution is -0.118. The van der Waals surface area contributed by atoms with Crippen LogP contribution in [0.25, 0.3) is 5.69 Å². The zero-order valence-electron chi connectivity index (χ0n) is 10.9. The van der Waals surface area contributed by atoms with Gasteiger partial charge in [-0.15, -0.1) is 0 Å². The van der Waals surface area contributed by atoms with Crippen LogP contribution in [-0.2, 0) is 4.79 Å². The maximum absolute atomic E-state index is 11.8. The molecule has 1 aromatic heterocycles. The van der Waals surface area contributed by atoms with E-state index in [4.69, 9.17) is 5.73 Å². The number of nitrogens with zero attached hydrogens (tertiary/aromatic N) is 3. The van der Waals surface area contributed by atoms with Crippen LogP contribution in [0.1, 0.15) is 13.8 Å². The van der Waals surface area contributed by atoms with Crippen molar-refractivity contribution >= 4 is 11.6 Å². The van der Waals surface area contributed by atoms with E-state index in [1.807, 2.05) is 38.1 Å². The average Bonchev–Trinajstić information content (AvgIpc) is 2.92. The van der Waals surface area contributed by atoms with Gasteiger partial charge < -0.3 is 11.1 Å². The fourth-order valence-electron chi connectivity index (χ4n) is 1.57. The van der Waals surface area contributed by atoms with E-state index in [1.165, 1.54) is 6.33 Å². The van der Waals surface area contributed by atoms with Crippen LogP contribution in [0.5, 0.6) is 0 Å². The molecule has 1 amide bonds. The van der Waals surface area contributed by atoms with Crippen molar-refractivity contribution in [3.05, 3.63) is 36.9 Å². The highest BCUT2D eigenvalue weighted by Gasteiger charge is 2.16. The van der Waals surface area contributed by atoms with Crippen LogP contribution in [0.3, 0.4) is 0 Å². The van der Waals surface area contributed by atoms with Gasteiger partial charge in [0.2, 0.25) is 5.91 Å². The number of carbonyl (C=O) groups is 1. The Kier molecular flexibility index (Phi) is 3.91. The molecule has 1 aromatic carbocycles. The number of aromatic nitrogens is 3. The van der Waals surface area contributed by atoms with Crippen LogP contribution in [0.15, 0.2) is 36.9 Å². The molecule has 2 rings (SSSR count). The van der Waals surface area contributed by atoms with Crippen LogP contribution in [0.2, 0.25) is 0 Å². The minimum absolute atomic E-state index is 0.106. The molecule has 0 saturated heterocycles. The van der Waals surface area contributed by atoms with E-state index in [1.54, 1.807) is 11.0 Å². The monoisotopic (exact) mass is 259 g/mol. The van der Waals surface area contributed by atoms with Gasteiger partial charge in [0.15, 0.2) is 0 Å². The number of nitrogens with one attached hydrogen (secondary N) is 1. The summed E-state index contributed by atoms with van der Waals surface area (Å²) >= 11 is 0. The highest BCUT2D eigenvalue weighted by atomic mass is 16.2. The van der Waals surface area contributed by atoms with E-state index >= 15 is 0 Å². The third-order valence-electron chi connectivity index (χ3n) is 2.84. The summed E-state index contributed by atoms with van der Waals surface area (Å²) in [7, 11) is 0. The molecule has 0 aliphatic rings. The Morgan fingerprint density at radius 3 is 2.53 bits per heavy atom. The molecular weight excluding hydrogens is 242 g/mol. The molecular formula is C13H17N5O. The number of hydrogen-bond acceptors (Lipinski definition) is 4. The summed E-state index contributed by atoms with van der Waals surface area (Å²) in [5, 5.41) is 6.81. The summed E-state index contributed by atoms with van der Waals surface area (Å²) < 4.78 is 1.64. The Bertz CT molecular complexity index is 533. The van der Waals surface area contributed by atoms with Crippen molar-refractivity contribution in [2.75, 3.05) is 5.32 Å². The first kappa shape index (κ1) is 13.2. The Balaban J connectivity index is 2.05. The van der Waals surface area contributed by atoms with E-state index in [0.717, 1.165) is 5.69 Å². The molecule has 0 spiro atoms. The van der Waals surface area contributed by atoms with Gasteiger partial charge in [-0.1, -0.05) is 13.8 Å². The van der Waals surface area contributed by atoms with E-state index in [-0.39, 0.29) is 11.8 Å². The molecule has 2 aromatic rings. The van der Waals surface area contributed by atoms with Gasteiger partial charge in [-0.2, -0.15) is 5.10 Å². The molecule has 6 heteroatoms. The molecule has 0 aliphatic carbocycles. The summed E-state index contributed by atoms with van der Waals surface area (Å²) in [6, 6.07) is 6.82. The number of amides is 1. The molecule has 0 saturated carbocycles. The predicted octanol–water partition coefficient (Wildman–Crippen LogP) is 1.19. The molecule has 100 valence electrons. The number of rotatable bonds is 4. The first-order valence-electron chi connectivity index (χ1n) is 6.09. The lowest BCUT2D eigenvalue weighted by atomic mass is 10.0. The van der Waals surface area contributed by atoms with Crippen molar-refractivity contribution in [1.29, 1.82) is 0 Å². The van der Waals surface area contributed by atoms with Crippen molar-refractivity contribution in [1.82, 2.24) is 14.8 Å². The minimum atomic E-state index is -0.505. The lowest BCUT2D eigenvalue weighted by Gasteiger charge is -2.15. The molecule has 0 aliphatic heterocycles. The van der Waals surface area contributed by atoms with Crippen molar-refractivity contribution < 1.29 is 4.79 Å². The predicted molar refractivity (Wildman–Crippen MR) is 72.8 cm³/mol. The third-order valence-corrected chi connectivity index (χ3v) is 2.84. The smallest absolute Gasteiger partial charge is 0.241 e. The van der Waals surface area contributed by atoms with Gasteiger partial charge in [0, 0.05) is 5.69 Å². The summed E-state index contributed by atoms with van der Waals surface area (Å²) in [5.41, 5.74) is 7.37. The van der Waals surface area contributed by atoms with Crippen molar-refractivity contribution in [3.8, 4) is 5.69 Å². The minimum Gasteiger partial charge on any atom is -0.325 e. The molecule has 0 bridgehead atoms. The summed E-state index contributed by atoms with van der Waals surface area (Å²) in [5.74, 6) is -0.0714. The maximum Gasteiger partial charge on any atom is 0.241 e. The summed E-state index contributed by atoms with van der Waals surface area (Å²) in [4.78, 5) is 15.7. The Morgan fingerprint density at radius 2 is 2.00 bits per heavy atom. The Morgan fingerprint density at radius 1 is 1.32 bits per heavy atom. The molecule has 1 atom stereocenters. The SMILES string of the molecule is CC(C)[C@@H](N)C(=O)Nc1ccc(-n2cncn2)cc1.